The zero-order chi connectivity index (χ0) is 40.1. The van der Waals surface area contributed by atoms with Crippen molar-refractivity contribution in [2.24, 2.45) is 0 Å². The highest BCUT2D eigenvalue weighted by atomic mass is 32.1. The number of hydrogen-bond acceptors (Lipinski definition) is 4. The average molecular weight is 795 g/mol. The highest BCUT2D eigenvalue weighted by molar-refractivity contribution is 7.26. The number of aromatic nitrogens is 2. The number of benzene rings is 9. The van der Waals surface area contributed by atoms with Crippen molar-refractivity contribution in [3.63, 3.8) is 0 Å². The third-order valence-electron chi connectivity index (χ3n) is 12.8. The minimum absolute atomic E-state index is 0.556. The van der Waals surface area contributed by atoms with Gasteiger partial charge in [0.2, 0.25) is 0 Å². The summed E-state index contributed by atoms with van der Waals surface area (Å²) in [4.78, 5) is 10.6. The largest absolute Gasteiger partial charge is 0.457 e. The minimum atomic E-state index is -0.556. The number of rotatable bonds is 4. The Morgan fingerprint density at radius 2 is 0.984 bits per heavy atom. The number of para-hydroxylation sites is 2. The maximum absolute atomic E-state index is 6.65. The molecule has 9 aromatic carbocycles. The third-order valence-corrected chi connectivity index (χ3v) is 14.0. The first-order valence-electron chi connectivity index (χ1n) is 20.7. The molecule has 1 spiro atoms. The van der Waals surface area contributed by atoms with Gasteiger partial charge in [-0.25, -0.2) is 9.97 Å². The van der Waals surface area contributed by atoms with E-state index in [0.29, 0.717) is 0 Å². The summed E-state index contributed by atoms with van der Waals surface area (Å²) < 4.78 is 8.95. The van der Waals surface area contributed by atoms with Gasteiger partial charge in [0.05, 0.1) is 21.3 Å². The minimum Gasteiger partial charge on any atom is -0.457 e. The van der Waals surface area contributed by atoms with Crippen molar-refractivity contribution in [2.75, 3.05) is 0 Å². The van der Waals surface area contributed by atoms with Crippen molar-refractivity contribution < 1.29 is 4.74 Å². The van der Waals surface area contributed by atoms with Gasteiger partial charge in [-0.3, -0.25) is 0 Å². The van der Waals surface area contributed by atoms with Crippen LogP contribution in [0.25, 0.3) is 87.1 Å². The number of fused-ring (bicyclic) bond motifs is 14. The summed E-state index contributed by atoms with van der Waals surface area (Å²) >= 11 is 1.76. The molecule has 0 fully saturated rings. The summed E-state index contributed by atoms with van der Waals surface area (Å²) in [6, 6.07) is 74.2. The van der Waals surface area contributed by atoms with E-state index in [0.717, 1.165) is 66.4 Å². The Balaban J connectivity index is 1.00. The molecule has 2 aromatic heterocycles. The first kappa shape index (κ1) is 34.2. The molecule has 4 heteroatoms. The average Bonchev–Trinajstić information content (AvgIpc) is 3.86. The molecule has 1 aliphatic carbocycles. The van der Waals surface area contributed by atoms with Crippen molar-refractivity contribution in [3.8, 4) is 67.5 Å². The summed E-state index contributed by atoms with van der Waals surface area (Å²) in [7, 11) is 0. The van der Waals surface area contributed by atoms with Crippen LogP contribution in [0, 0.1) is 0 Å². The second kappa shape index (κ2) is 13.2. The van der Waals surface area contributed by atoms with Crippen LogP contribution in [0.4, 0.5) is 0 Å². The summed E-state index contributed by atoms with van der Waals surface area (Å²) in [5.41, 5.74) is 15.6. The molecule has 0 atom stereocenters. The van der Waals surface area contributed by atoms with Crippen LogP contribution in [-0.4, -0.2) is 9.97 Å². The molecule has 2 aliphatic rings. The lowest BCUT2D eigenvalue weighted by Crippen LogP contribution is -2.32. The second-order valence-corrected chi connectivity index (χ2v) is 17.0. The van der Waals surface area contributed by atoms with E-state index in [1.165, 1.54) is 54.4 Å². The van der Waals surface area contributed by atoms with Gasteiger partial charge in [-0.05, 0) is 73.5 Å². The molecular formula is C57H34N2OS. The van der Waals surface area contributed by atoms with E-state index in [4.69, 9.17) is 14.7 Å². The molecule has 0 saturated heterocycles. The van der Waals surface area contributed by atoms with E-state index >= 15 is 0 Å². The SMILES string of the molecule is c1ccc(-c2ccc(-c3nc(-c4ccc(-c5cccc6c5-c5c(ccc7ccccc57)C65c6ccccc6Oc6ccccc65)cc4)c4sc5ccccc5c4n3)cc2)cc1. The molecule has 0 amide bonds. The molecule has 0 saturated carbocycles. The molecule has 284 valence electrons. The van der Waals surface area contributed by atoms with Crippen LogP contribution in [0.1, 0.15) is 22.3 Å². The maximum Gasteiger partial charge on any atom is 0.160 e. The van der Waals surface area contributed by atoms with Gasteiger partial charge in [0.25, 0.3) is 0 Å². The Bertz CT molecular complexity index is 3510. The molecule has 0 unspecified atom stereocenters. The van der Waals surface area contributed by atoms with Gasteiger partial charge < -0.3 is 4.74 Å². The van der Waals surface area contributed by atoms with E-state index in [1.54, 1.807) is 11.3 Å². The molecule has 61 heavy (non-hydrogen) atoms. The number of ether oxygens (including phenoxy) is 1. The molecule has 13 rings (SSSR count). The number of hydrogen-bond donors (Lipinski definition) is 0. The van der Waals surface area contributed by atoms with Gasteiger partial charge in [-0.15, -0.1) is 11.3 Å². The second-order valence-electron chi connectivity index (χ2n) is 16.0. The lowest BCUT2D eigenvalue weighted by atomic mass is 9.66. The van der Waals surface area contributed by atoms with Gasteiger partial charge >= 0.3 is 0 Å². The van der Waals surface area contributed by atoms with E-state index in [-0.39, 0.29) is 0 Å². The fraction of sp³-hybridized carbons (Fsp3) is 0.0175. The monoisotopic (exact) mass is 794 g/mol. The Morgan fingerprint density at radius 1 is 0.393 bits per heavy atom. The first-order chi connectivity index (χ1) is 30.2. The van der Waals surface area contributed by atoms with Crippen molar-refractivity contribution in [3.05, 3.63) is 229 Å². The third kappa shape index (κ3) is 4.97. The smallest absolute Gasteiger partial charge is 0.160 e. The van der Waals surface area contributed by atoms with E-state index in [9.17, 15) is 0 Å². The fourth-order valence-electron chi connectivity index (χ4n) is 10.1. The Kier molecular flexibility index (Phi) is 7.39. The van der Waals surface area contributed by atoms with Gasteiger partial charge in [0.15, 0.2) is 5.82 Å². The summed E-state index contributed by atoms with van der Waals surface area (Å²) in [5.74, 6) is 2.51. The van der Waals surface area contributed by atoms with E-state index in [2.05, 4.69) is 200 Å². The normalized spacial score (nSPS) is 13.2. The van der Waals surface area contributed by atoms with E-state index < -0.39 is 5.41 Å². The van der Waals surface area contributed by atoms with Gasteiger partial charge in [-0.1, -0.05) is 188 Å². The van der Waals surface area contributed by atoms with Crippen LogP contribution in [0.2, 0.25) is 0 Å². The van der Waals surface area contributed by atoms with Crippen LogP contribution in [-0.2, 0) is 5.41 Å². The Morgan fingerprint density at radius 3 is 1.77 bits per heavy atom. The molecule has 11 aromatic rings. The predicted octanol–water partition coefficient (Wildman–Crippen LogP) is 15.1. The van der Waals surface area contributed by atoms with Gasteiger partial charge in [0.1, 0.15) is 11.5 Å². The lowest BCUT2D eigenvalue weighted by molar-refractivity contribution is 0.436. The molecule has 1 aliphatic heterocycles. The molecule has 0 radical (unpaired) electrons. The van der Waals surface area contributed by atoms with Crippen molar-refractivity contribution in [1.29, 1.82) is 0 Å². The maximum atomic E-state index is 6.65. The quantitative estimate of drug-likeness (QED) is 0.178. The zero-order valence-electron chi connectivity index (χ0n) is 32.8. The van der Waals surface area contributed by atoms with Crippen LogP contribution >= 0.6 is 11.3 Å². The lowest BCUT2D eigenvalue weighted by Gasteiger charge is -2.39. The molecular weight excluding hydrogens is 761 g/mol. The zero-order valence-corrected chi connectivity index (χ0v) is 33.7. The van der Waals surface area contributed by atoms with Crippen molar-refractivity contribution in [2.45, 2.75) is 5.41 Å². The molecule has 0 bridgehead atoms. The van der Waals surface area contributed by atoms with E-state index in [1.807, 2.05) is 6.07 Å². The van der Waals surface area contributed by atoms with Gasteiger partial charge in [-0.2, -0.15) is 0 Å². The molecule has 3 heterocycles. The standard InChI is InChI=1S/C57H34N2OS/c1-2-13-35(14-3-1)36-25-31-40(32-26-36)56-58-53(55-54(59-56)43-17-6-11-24-50(43)61-55)39-29-27-38(28-30-39)42-18-12-21-46-51(42)52-41-16-5-4-15-37(41)33-34-47(52)57(46)44-19-7-9-22-48(44)60-49-23-10-8-20-45(49)57/h1-34H. The van der Waals surface area contributed by atoms with Crippen molar-refractivity contribution in [1.82, 2.24) is 9.97 Å². The van der Waals surface area contributed by atoms with Crippen LogP contribution in [0.15, 0.2) is 206 Å². The molecule has 0 N–H and O–H groups in total. The van der Waals surface area contributed by atoms with Crippen molar-refractivity contribution >= 4 is 42.4 Å². The summed E-state index contributed by atoms with van der Waals surface area (Å²) in [5, 5.41) is 3.63. The highest BCUT2D eigenvalue weighted by Gasteiger charge is 2.52. The first-order valence-corrected chi connectivity index (χ1v) is 21.5. The number of nitrogens with zero attached hydrogens (tertiary/aromatic N) is 2. The fourth-order valence-corrected chi connectivity index (χ4v) is 11.3. The van der Waals surface area contributed by atoms with Crippen LogP contribution < -0.4 is 4.74 Å². The Hall–Kier alpha value is -7.66. The summed E-state index contributed by atoms with van der Waals surface area (Å²) in [6.45, 7) is 0. The number of thiophene rings is 1. The predicted molar refractivity (Wildman–Crippen MR) is 252 cm³/mol. The highest BCUT2D eigenvalue weighted by Crippen LogP contribution is 2.64. The van der Waals surface area contributed by atoms with Crippen LogP contribution in [0.3, 0.4) is 0 Å². The summed E-state index contributed by atoms with van der Waals surface area (Å²) in [6.07, 6.45) is 0. The Labute approximate surface area is 356 Å². The van der Waals surface area contributed by atoms with Crippen LogP contribution in [0.5, 0.6) is 11.5 Å². The van der Waals surface area contributed by atoms with Gasteiger partial charge in [0, 0.05) is 32.3 Å². The topological polar surface area (TPSA) is 35.0 Å². The molecule has 3 nitrogen and oxygen atoms in total.